The molecule has 0 radical (unpaired) electrons. The molecule has 0 aliphatic heterocycles. The van der Waals surface area contributed by atoms with Crippen LogP contribution >= 0.6 is 0 Å². The van der Waals surface area contributed by atoms with Crippen LogP contribution in [-0.4, -0.2) is 16.1 Å². The van der Waals surface area contributed by atoms with Crippen LogP contribution in [0, 0.1) is 5.92 Å². The Kier molecular flexibility index (Phi) is 5.40. The van der Waals surface area contributed by atoms with Crippen LogP contribution in [0.4, 0.5) is 0 Å². The Morgan fingerprint density at radius 1 is 1.40 bits per heavy atom. The zero-order valence-corrected chi connectivity index (χ0v) is 10.2. The van der Waals surface area contributed by atoms with Gasteiger partial charge in [0.05, 0.1) is 6.54 Å². The quantitative estimate of drug-likeness (QED) is 0.699. The van der Waals surface area contributed by atoms with Gasteiger partial charge in [-0.05, 0) is 18.9 Å². The lowest BCUT2D eigenvalue weighted by Crippen LogP contribution is -2.17. The highest BCUT2D eigenvalue weighted by Crippen LogP contribution is 2.05. The lowest BCUT2D eigenvalue weighted by atomic mass is 10.1. The van der Waals surface area contributed by atoms with Crippen molar-refractivity contribution in [1.82, 2.24) is 14.9 Å². The minimum absolute atomic E-state index is 0.833. The molecule has 0 saturated heterocycles. The standard InChI is InChI=1S/C12H23N3/c1-11(2)6-4-5-7-13-10-12-14-8-9-15(12)3/h8-9,11,13H,4-7,10H2,1-3H3. The average Bonchev–Trinajstić information content (AvgIpc) is 2.57. The van der Waals surface area contributed by atoms with Crippen LogP contribution in [0.25, 0.3) is 0 Å². The molecule has 86 valence electrons. The lowest BCUT2D eigenvalue weighted by molar-refractivity contribution is 0.516. The first-order valence-corrected chi connectivity index (χ1v) is 5.87. The van der Waals surface area contributed by atoms with Gasteiger partial charge in [0.15, 0.2) is 0 Å². The van der Waals surface area contributed by atoms with E-state index >= 15 is 0 Å². The Hall–Kier alpha value is -0.830. The van der Waals surface area contributed by atoms with Crippen molar-refractivity contribution in [3.05, 3.63) is 18.2 Å². The summed E-state index contributed by atoms with van der Waals surface area (Å²) < 4.78 is 2.06. The molecule has 0 aliphatic rings. The first kappa shape index (κ1) is 12.2. The fourth-order valence-electron chi connectivity index (χ4n) is 1.57. The first-order chi connectivity index (χ1) is 7.20. The van der Waals surface area contributed by atoms with E-state index in [9.17, 15) is 0 Å². The molecule has 3 heteroatoms. The molecule has 15 heavy (non-hydrogen) atoms. The second-order valence-corrected chi connectivity index (χ2v) is 4.52. The van der Waals surface area contributed by atoms with E-state index in [1.807, 2.05) is 19.4 Å². The molecule has 3 nitrogen and oxygen atoms in total. The molecule has 0 aliphatic carbocycles. The molecule has 1 heterocycles. The maximum absolute atomic E-state index is 4.26. The van der Waals surface area contributed by atoms with E-state index in [1.54, 1.807) is 0 Å². The van der Waals surface area contributed by atoms with Gasteiger partial charge in [-0.1, -0.05) is 26.7 Å². The summed E-state index contributed by atoms with van der Waals surface area (Å²) in [5, 5.41) is 3.42. The monoisotopic (exact) mass is 209 g/mol. The van der Waals surface area contributed by atoms with Gasteiger partial charge < -0.3 is 9.88 Å². The number of hydrogen-bond donors (Lipinski definition) is 1. The highest BCUT2D eigenvalue weighted by atomic mass is 15.1. The molecule has 0 saturated carbocycles. The SMILES string of the molecule is CC(C)CCCCNCc1nccn1C. The number of rotatable bonds is 7. The Labute approximate surface area is 92.9 Å². The third-order valence-electron chi connectivity index (χ3n) is 2.59. The summed E-state index contributed by atoms with van der Waals surface area (Å²) in [6, 6.07) is 0. The predicted molar refractivity (Wildman–Crippen MR) is 63.6 cm³/mol. The van der Waals surface area contributed by atoms with Crippen LogP contribution in [-0.2, 0) is 13.6 Å². The summed E-state index contributed by atoms with van der Waals surface area (Å²) in [5.74, 6) is 1.94. The van der Waals surface area contributed by atoms with E-state index < -0.39 is 0 Å². The number of nitrogens with zero attached hydrogens (tertiary/aromatic N) is 2. The van der Waals surface area contributed by atoms with Gasteiger partial charge in [0.1, 0.15) is 5.82 Å². The summed E-state index contributed by atoms with van der Waals surface area (Å²) in [7, 11) is 2.03. The third-order valence-corrected chi connectivity index (χ3v) is 2.59. The van der Waals surface area contributed by atoms with Crippen LogP contribution in [0.15, 0.2) is 12.4 Å². The molecular weight excluding hydrogens is 186 g/mol. The zero-order chi connectivity index (χ0) is 11.1. The highest BCUT2D eigenvalue weighted by Gasteiger charge is 1.98. The average molecular weight is 209 g/mol. The van der Waals surface area contributed by atoms with Crippen molar-refractivity contribution in [3.8, 4) is 0 Å². The first-order valence-electron chi connectivity index (χ1n) is 5.87. The Morgan fingerprint density at radius 2 is 2.20 bits per heavy atom. The van der Waals surface area contributed by atoms with Gasteiger partial charge in [0.2, 0.25) is 0 Å². The van der Waals surface area contributed by atoms with Gasteiger partial charge in [0, 0.05) is 19.4 Å². The number of unbranched alkanes of at least 4 members (excludes halogenated alkanes) is 1. The molecule has 0 spiro atoms. The molecule has 1 aromatic heterocycles. The van der Waals surface area contributed by atoms with E-state index in [2.05, 4.69) is 28.7 Å². The van der Waals surface area contributed by atoms with E-state index in [0.29, 0.717) is 0 Å². The van der Waals surface area contributed by atoms with E-state index in [-0.39, 0.29) is 0 Å². The normalized spacial score (nSPS) is 11.2. The fraction of sp³-hybridized carbons (Fsp3) is 0.750. The fourth-order valence-corrected chi connectivity index (χ4v) is 1.57. The zero-order valence-electron chi connectivity index (χ0n) is 10.2. The van der Waals surface area contributed by atoms with Gasteiger partial charge in [0.25, 0.3) is 0 Å². The van der Waals surface area contributed by atoms with Crippen molar-refractivity contribution in [2.75, 3.05) is 6.54 Å². The molecule has 0 amide bonds. The summed E-state index contributed by atoms with van der Waals surface area (Å²) in [4.78, 5) is 4.26. The van der Waals surface area contributed by atoms with Crippen molar-refractivity contribution in [1.29, 1.82) is 0 Å². The third kappa shape index (κ3) is 4.98. The van der Waals surface area contributed by atoms with Gasteiger partial charge in [-0.25, -0.2) is 4.98 Å². The van der Waals surface area contributed by atoms with Gasteiger partial charge in [-0.2, -0.15) is 0 Å². The molecule has 1 aromatic rings. The topological polar surface area (TPSA) is 29.9 Å². The molecule has 0 bridgehead atoms. The number of hydrogen-bond acceptors (Lipinski definition) is 2. The molecular formula is C12H23N3. The van der Waals surface area contributed by atoms with Crippen molar-refractivity contribution >= 4 is 0 Å². The van der Waals surface area contributed by atoms with Gasteiger partial charge in [-0.15, -0.1) is 0 Å². The van der Waals surface area contributed by atoms with Crippen LogP contribution in [0.3, 0.4) is 0 Å². The number of nitrogens with one attached hydrogen (secondary N) is 1. The number of aromatic nitrogens is 2. The second-order valence-electron chi connectivity index (χ2n) is 4.52. The minimum Gasteiger partial charge on any atom is -0.337 e. The van der Waals surface area contributed by atoms with E-state index in [0.717, 1.165) is 24.8 Å². The minimum atomic E-state index is 0.833. The van der Waals surface area contributed by atoms with Gasteiger partial charge in [-0.3, -0.25) is 0 Å². The molecule has 1 N–H and O–H groups in total. The predicted octanol–water partition coefficient (Wildman–Crippen LogP) is 2.34. The second kappa shape index (κ2) is 6.62. The number of aryl methyl sites for hydroxylation is 1. The van der Waals surface area contributed by atoms with Crippen LogP contribution < -0.4 is 5.32 Å². The summed E-state index contributed by atoms with van der Waals surface area (Å²) in [5.41, 5.74) is 0. The Balaban J connectivity index is 2.00. The Morgan fingerprint density at radius 3 is 2.80 bits per heavy atom. The molecule has 0 aromatic carbocycles. The maximum atomic E-state index is 4.26. The molecule has 0 unspecified atom stereocenters. The number of imidazole rings is 1. The van der Waals surface area contributed by atoms with E-state index in [4.69, 9.17) is 0 Å². The van der Waals surface area contributed by atoms with Crippen molar-refractivity contribution in [3.63, 3.8) is 0 Å². The summed E-state index contributed by atoms with van der Waals surface area (Å²) in [6.45, 7) is 6.54. The van der Waals surface area contributed by atoms with Crippen LogP contribution in [0.5, 0.6) is 0 Å². The van der Waals surface area contributed by atoms with Crippen molar-refractivity contribution < 1.29 is 0 Å². The molecule has 0 atom stereocenters. The maximum Gasteiger partial charge on any atom is 0.122 e. The summed E-state index contributed by atoms with van der Waals surface area (Å²) >= 11 is 0. The van der Waals surface area contributed by atoms with Crippen LogP contribution in [0.2, 0.25) is 0 Å². The Bertz CT molecular complexity index is 266. The smallest absolute Gasteiger partial charge is 0.122 e. The van der Waals surface area contributed by atoms with Gasteiger partial charge >= 0.3 is 0 Å². The van der Waals surface area contributed by atoms with Crippen molar-refractivity contribution in [2.24, 2.45) is 13.0 Å². The summed E-state index contributed by atoms with van der Waals surface area (Å²) in [6.07, 6.45) is 7.75. The highest BCUT2D eigenvalue weighted by molar-refractivity contribution is 4.90. The molecule has 0 fully saturated rings. The van der Waals surface area contributed by atoms with Crippen molar-refractivity contribution in [2.45, 2.75) is 39.7 Å². The lowest BCUT2D eigenvalue weighted by Gasteiger charge is -2.06. The molecule has 1 rings (SSSR count). The van der Waals surface area contributed by atoms with E-state index in [1.165, 1.54) is 19.3 Å². The largest absolute Gasteiger partial charge is 0.337 e. The van der Waals surface area contributed by atoms with Crippen LogP contribution in [0.1, 0.15) is 38.9 Å².